The van der Waals surface area contributed by atoms with Gasteiger partial charge in [0.15, 0.2) is 0 Å². The quantitative estimate of drug-likeness (QED) is 0.373. The normalized spacial score (nSPS) is 14.0. The van der Waals surface area contributed by atoms with Crippen molar-refractivity contribution in [1.82, 2.24) is 15.5 Å². The molecule has 25 heavy (non-hydrogen) atoms. The van der Waals surface area contributed by atoms with Crippen molar-refractivity contribution in [3.63, 3.8) is 0 Å². The topological polar surface area (TPSA) is 136 Å². The monoisotopic (exact) mass is 359 g/mol. The van der Waals surface area contributed by atoms with Gasteiger partial charge in [-0.3, -0.25) is 24.1 Å². The van der Waals surface area contributed by atoms with E-state index in [0.29, 0.717) is 0 Å². The number of likely N-dealkylation sites (N-methyl/N-ethyl adjacent to an activating group) is 1. The summed E-state index contributed by atoms with van der Waals surface area (Å²) in [4.78, 5) is 46.8. The molecule has 2 unspecified atom stereocenters. The molecule has 1 amide bonds. The van der Waals surface area contributed by atoms with Crippen molar-refractivity contribution in [3.8, 4) is 0 Å². The molecule has 0 aromatic carbocycles. The summed E-state index contributed by atoms with van der Waals surface area (Å²) in [6.45, 7) is 5.65. The van der Waals surface area contributed by atoms with Crippen LogP contribution in [-0.2, 0) is 19.2 Å². The molecule has 0 radical (unpaired) electrons. The van der Waals surface area contributed by atoms with Gasteiger partial charge in [-0.05, 0) is 41.2 Å². The van der Waals surface area contributed by atoms with Crippen molar-refractivity contribution < 1.29 is 29.4 Å². The molecular weight excluding hydrogens is 330 g/mol. The molecule has 9 heteroatoms. The van der Waals surface area contributed by atoms with Crippen LogP contribution in [-0.4, -0.2) is 76.5 Å². The number of Topliss-reactive ketones (excluding diaryl/α,β-unsaturated/α-hetero) is 1. The predicted octanol–water partition coefficient (Wildman–Crippen LogP) is -0.302. The van der Waals surface area contributed by atoms with Crippen molar-refractivity contribution >= 4 is 23.6 Å². The first-order chi connectivity index (χ1) is 11.4. The number of rotatable bonds is 12. The number of nitrogens with one attached hydrogen (secondary N) is 2. The van der Waals surface area contributed by atoms with Gasteiger partial charge in [0.25, 0.3) is 0 Å². The Morgan fingerprint density at radius 2 is 1.56 bits per heavy atom. The third kappa shape index (κ3) is 9.16. The Bertz CT molecular complexity index is 490. The highest BCUT2D eigenvalue weighted by Crippen LogP contribution is 2.21. The van der Waals surface area contributed by atoms with Crippen LogP contribution in [0.4, 0.5) is 0 Å². The summed E-state index contributed by atoms with van der Waals surface area (Å²) in [7, 11) is 1.59. The first kappa shape index (κ1) is 23.0. The number of carbonyl (C=O) groups excluding carboxylic acids is 2. The van der Waals surface area contributed by atoms with Gasteiger partial charge in [0.05, 0.1) is 19.1 Å². The SMILES string of the molecule is CNC(CC(C)(C)N(CC(=O)O)CC(=O)O)C(=O)NC(C)CC(C)=O. The number of carboxylic acid groups (broad SMARTS) is 2. The van der Waals surface area contributed by atoms with Crippen LogP contribution in [0, 0.1) is 0 Å². The zero-order valence-corrected chi connectivity index (χ0v) is 15.5. The molecule has 0 aromatic heterocycles. The highest BCUT2D eigenvalue weighted by Gasteiger charge is 2.34. The number of hydrogen-bond donors (Lipinski definition) is 4. The summed E-state index contributed by atoms with van der Waals surface area (Å²) in [5.41, 5.74) is -0.856. The van der Waals surface area contributed by atoms with Crippen LogP contribution in [0.25, 0.3) is 0 Å². The van der Waals surface area contributed by atoms with E-state index in [4.69, 9.17) is 10.2 Å². The lowest BCUT2D eigenvalue weighted by molar-refractivity contribution is -0.144. The Hall–Kier alpha value is -2.00. The summed E-state index contributed by atoms with van der Waals surface area (Å²) in [5, 5.41) is 23.6. The molecule has 0 bridgehead atoms. The average Bonchev–Trinajstić information content (AvgIpc) is 2.41. The Balaban J connectivity index is 5.08. The van der Waals surface area contributed by atoms with E-state index in [1.54, 1.807) is 27.8 Å². The Labute approximate surface area is 147 Å². The number of carboxylic acids is 2. The van der Waals surface area contributed by atoms with Crippen LogP contribution in [0.5, 0.6) is 0 Å². The Morgan fingerprint density at radius 1 is 1.08 bits per heavy atom. The minimum absolute atomic E-state index is 0.0387. The van der Waals surface area contributed by atoms with Gasteiger partial charge in [0.2, 0.25) is 5.91 Å². The van der Waals surface area contributed by atoms with Gasteiger partial charge in [0, 0.05) is 18.0 Å². The van der Waals surface area contributed by atoms with Crippen molar-refractivity contribution in [3.05, 3.63) is 0 Å². The van der Waals surface area contributed by atoms with E-state index in [0.717, 1.165) is 0 Å². The second-order valence-corrected chi connectivity index (χ2v) is 6.82. The fourth-order valence-corrected chi connectivity index (χ4v) is 2.59. The van der Waals surface area contributed by atoms with Gasteiger partial charge < -0.3 is 20.8 Å². The number of nitrogens with zero attached hydrogens (tertiary/aromatic N) is 1. The van der Waals surface area contributed by atoms with Gasteiger partial charge in [-0.15, -0.1) is 0 Å². The third-order valence-corrected chi connectivity index (χ3v) is 3.86. The van der Waals surface area contributed by atoms with Crippen molar-refractivity contribution in [2.24, 2.45) is 0 Å². The molecule has 0 aliphatic carbocycles. The lowest BCUT2D eigenvalue weighted by Gasteiger charge is -2.38. The Morgan fingerprint density at radius 3 is 1.92 bits per heavy atom. The summed E-state index contributed by atoms with van der Waals surface area (Å²) < 4.78 is 0. The molecule has 0 heterocycles. The van der Waals surface area contributed by atoms with Crippen molar-refractivity contribution in [2.45, 2.75) is 58.2 Å². The van der Waals surface area contributed by atoms with Gasteiger partial charge in [0.1, 0.15) is 5.78 Å². The maximum atomic E-state index is 12.4. The highest BCUT2D eigenvalue weighted by molar-refractivity contribution is 5.83. The van der Waals surface area contributed by atoms with Crippen LogP contribution < -0.4 is 10.6 Å². The summed E-state index contributed by atoms with van der Waals surface area (Å²) >= 11 is 0. The largest absolute Gasteiger partial charge is 0.480 e. The average molecular weight is 359 g/mol. The first-order valence-electron chi connectivity index (χ1n) is 8.04. The number of amides is 1. The maximum Gasteiger partial charge on any atom is 0.317 e. The number of aliphatic carboxylic acids is 2. The van der Waals surface area contributed by atoms with Crippen LogP contribution in [0.1, 0.15) is 40.5 Å². The molecule has 0 spiro atoms. The molecule has 144 valence electrons. The maximum absolute atomic E-state index is 12.4. The summed E-state index contributed by atoms with van der Waals surface area (Å²) in [6, 6.07) is -0.979. The van der Waals surface area contributed by atoms with E-state index in [1.165, 1.54) is 11.8 Å². The molecule has 0 aromatic rings. The zero-order valence-electron chi connectivity index (χ0n) is 15.5. The second kappa shape index (κ2) is 10.1. The minimum Gasteiger partial charge on any atom is -0.480 e. The molecule has 9 nitrogen and oxygen atoms in total. The highest BCUT2D eigenvalue weighted by atomic mass is 16.4. The van der Waals surface area contributed by atoms with E-state index in [1.807, 2.05) is 0 Å². The van der Waals surface area contributed by atoms with Crippen LogP contribution in [0.15, 0.2) is 0 Å². The molecule has 0 fully saturated rings. The molecule has 0 aliphatic heterocycles. The molecule has 0 saturated carbocycles. The lowest BCUT2D eigenvalue weighted by atomic mass is 9.92. The van der Waals surface area contributed by atoms with E-state index < -0.39 is 36.6 Å². The van der Waals surface area contributed by atoms with Crippen LogP contribution in [0.3, 0.4) is 0 Å². The van der Waals surface area contributed by atoms with Crippen LogP contribution >= 0.6 is 0 Å². The van der Waals surface area contributed by atoms with Crippen LogP contribution in [0.2, 0.25) is 0 Å². The standard InChI is InChI=1S/C16H29N3O6/c1-10(6-11(2)20)18-15(25)12(17-5)7-16(3,4)19(8-13(21)22)9-14(23)24/h10,12,17H,6-9H2,1-5H3,(H,18,25)(H,21,22)(H,23,24). The van der Waals surface area contributed by atoms with Gasteiger partial charge in [-0.25, -0.2) is 0 Å². The van der Waals surface area contributed by atoms with Crippen molar-refractivity contribution in [2.75, 3.05) is 20.1 Å². The molecule has 2 atom stereocenters. The second-order valence-electron chi connectivity index (χ2n) is 6.82. The summed E-state index contributed by atoms with van der Waals surface area (Å²) in [6.07, 6.45) is 0.415. The van der Waals surface area contributed by atoms with E-state index in [9.17, 15) is 19.2 Å². The smallest absolute Gasteiger partial charge is 0.317 e. The number of hydrogen-bond acceptors (Lipinski definition) is 6. The fourth-order valence-electron chi connectivity index (χ4n) is 2.59. The minimum atomic E-state index is -1.14. The number of carbonyl (C=O) groups is 4. The van der Waals surface area contributed by atoms with E-state index in [-0.39, 0.29) is 30.6 Å². The van der Waals surface area contributed by atoms with Gasteiger partial charge in [-0.2, -0.15) is 0 Å². The molecule has 4 N–H and O–H groups in total. The van der Waals surface area contributed by atoms with Gasteiger partial charge in [-0.1, -0.05) is 0 Å². The first-order valence-corrected chi connectivity index (χ1v) is 8.04. The van der Waals surface area contributed by atoms with E-state index in [2.05, 4.69) is 10.6 Å². The lowest BCUT2D eigenvalue weighted by Crippen LogP contribution is -2.55. The summed E-state index contributed by atoms with van der Waals surface area (Å²) in [5.74, 6) is -2.65. The van der Waals surface area contributed by atoms with Gasteiger partial charge >= 0.3 is 11.9 Å². The fraction of sp³-hybridized carbons (Fsp3) is 0.750. The molecule has 0 aliphatic rings. The molecule has 0 saturated heterocycles. The molecular formula is C16H29N3O6. The molecule has 0 rings (SSSR count). The third-order valence-electron chi connectivity index (χ3n) is 3.86. The Kier molecular flexibility index (Phi) is 9.29. The predicted molar refractivity (Wildman–Crippen MR) is 91.3 cm³/mol. The number of ketones is 1. The van der Waals surface area contributed by atoms with E-state index >= 15 is 0 Å². The zero-order chi connectivity index (χ0) is 19.8. The van der Waals surface area contributed by atoms with Crippen molar-refractivity contribution in [1.29, 1.82) is 0 Å².